The standard InChI is InChI=1S/C9H16N4O/c1-7-8(6-12-13(7)2)9(14)11-5-3-4-10/h6H,3-5,10H2,1-2H3,(H,11,14). The summed E-state index contributed by atoms with van der Waals surface area (Å²) in [5.41, 5.74) is 6.82. The minimum Gasteiger partial charge on any atom is -0.352 e. The molecule has 5 heteroatoms. The van der Waals surface area contributed by atoms with E-state index in [2.05, 4.69) is 10.4 Å². The number of amides is 1. The Balaban J connectivity index is 2.56. The fourth-order valence-corrected chi connectivity index (χ4v) is 1.12. The molecule has 0 radical (unpaired) electrons. The molecule has 1 aromatic heterocycles. The van der Waals surface area contributed by atoms with Gasteiger partial charge in [-0.15, -0.1) is 0 Å². The summed E-state index contributed by atoms with van der Waals surface area (Å²) < 4.78 is 1.68. The molecule has 0 saturated heterocycles. The third kappa shape index (κ3) is 2.32. The average Bonchev–Trinajstić information content (AvgIpc) is 2.48. The minimum atomic E-state index is -0.0796. The minimum absolute atomic E-state index is 0.0796. The highest BCUT2D eigenvalue weighted by Crippen LogP contribution is 2.04. The van der Waals surface area contributed by atoms with Gasteiger partial charge in [0.05, 0.1) is 11.8 Å². The van der Waals surface area contributed by atoms with E-state index in [0.717, 1.165) is 12.1 Å². The lowest BCUT2D eigenvalue weighted by Crippen LogP contribution is -2.26. The zero-order valence-electron chi connectivity index (χ0n) is 8.58. The van der Waals surface area contributed by atoms with E-state index in [1.54, 1.807) is 10.9 Å². The number of aryl methyl sites for hydroxylation is 1. The van der Waals surface area contributed by atoms with Crippen LogP contribution in [0, 0.1) is 6.92 Å². The Labute approximate surface area is 83.3 Å². The number of aromatic nitrogens is 2. The predicted octanol–water partition coefficient (Wildman–Crippen LogP) is -0.193. The molecule has 1 heterocycles. The molecule has 3 N–H and O–H groups in total. The first-order valence-corrected chi connectivity index (χ1v) is 4.63. The summed E-state index contributed by atoms with van der Waals surface area (Å²) in [4.78, 5) is 11.5. The summed E-state index contributed by atoms with van der Waals surface area (Å²) in [5.74, 6) is -0.0796. The highest BCUT2D eigenvalue weighted by Gasteiger charge is 2.11. The van der Waals surface area contributed by atoms with Crippen LogP contribution in [0.1, 0.15) is 22.5 Å². The normalized spacial score (nSPS) is 10.2. The maximum Gasteiger partial charge on any atom is 0.254 e. The van der Waals surface area contributed by atoms with Gasteiger partial charge >= 0.3 is 0 Å². The number of nitrogens with zero attached hydrogens (tertiary/aromatic N) is 2. The van der Waals surface area contributed by atoms with Crippen LogP contribution in [0.4, 0.5) is 0 Å². The lowest BCUT2D eigenvalue weighted by molar-refractivity contribution is 0.0953. The van der Waals surface area contributed by atoms with Crippen LogP contribution >= 0.6 is 0 Å². The Bertz CT molecular complexity index is 319. The third-order valence-electron chi connectivity index (χ3n) is 2.15. The van der Waals surface area contributed by atoms with Gasteiger partial charge < -0.3 is 11.1 Å². The van der Waals surface area contributed by atoms with Gasteiger partial charge in [-0.1, -0.05) is 0 Å². The van der Waals surface area contributed by atoms with E-state index in [0.29, 0.717) is 18.7 Å². The Hall–Kier alpha value is -1.36. The first-order valence-electron chi connectivity index (χ1n) is 4.63. The lowest BCUT2D eigenvalue weighted by atomic mass is 10.2. The van der Waals surface area contributed by atoms with Gasteiger partial charge in [-0.2, -0.15) is 5.10 Å². The number of rotatable bonds is 4. The van der Waals surface area contributed by atoms with Crippen LogP contribution in [0.3, 0.4) is 0 Å². The van der Waals surface area contributed by atoms with Crippen molar-refractivity contribution in [2.75, 3.05) is 13.1 Å². The summed E-state index contributed by atoms with van der Waals surface area (Å²) >= 11 is 0. The maximum atomic E-state index is 11.5. The quantitative estimate of drug-likeness (QED) is 0.655. The molecule has 14 heavy (non-hydrogen) atoms. The number of carbonyl (C=O) groups is 1. The average molecular weight is 196 g/mol. The van der Waals surface area contributed by atoms with Crippen molar-refractivity contribution >= 4 is 5.91 Å². The van der Waals surface area contributed by atoms with E-state index in [-0.39, 0.29) is 5.91 Å². The van der Waals surface area contributed by atoms with Crippen molar-refractivity contribution in [2.24, 2.45) is 12.8 Å². The largest absolute Gasteiger partial charge is 0.352 e. The molecule has 0 aliphatic rings. The molecule has 1 amide bonds. The number of hydrogen-bond acceptors (Lipinski definition) is 3. The Morgan fingerprint density at radius 3 is 2.93 bits per heavy atom. The molecule has 1 rings (SSSR count). The van der Waals surface area contributed by atoms with E-state index in [1.807, 2.05) is 14.0 Å². The van der Waals surface area contributed by atoms with Gasteiger partial charge in [0.15, 0.2) is 0 Å². The summed E-state index contributed by atoms with van der Waals surface area (Å²) in [5, 5.41) is 6.78. The topological polar surface area (TPSA) is 72.9 Å². The molecule has 0 saturated carbocycles. The first-order chi connectivity index (χ1) is 6.66. The fraction of sp³-hybridized carbons (Fsp3) is 0.556. The Morgan fingerprint density at radius 2 is 2.43 bits per heavy atom. The second kappa shape index (κ2) is 4.76. The zero-order chi connectivity index (χ0) is 10.6. The molecule has 0 unspecified atom stereocenters. The molecule has 0 atom stereocenters. The summed E-state index contributed by atoms with van der Waals surface area (Å²) in [6.07, 6.45) is 2.37. The Morgan fingerprint density at radius 1 is 1.71 bits per heavy atom. The van der Waals surface area contributed by atoms with Crippen molar-refractivity contribution in [2.45, 2.75) is 13.3 Å². The summed E-state index contributed by atoms with van der Waals surface area (Å²) in [6.45, 7) is 3.07. The molecule has 0 bridgehead atoms. The third-order valence-corrected chi connectivity index (χ3v) is 2.15. The molecule has 78 valence electrons. The van der Waals surface area contributed by atoms with Crippen molar-refractivity contribution in [3.63, 3.8) is 0 Å². The van der Waals surface area contributed by atoms with Gasteiger partial charge in [0, 0.05) is 19.3 Å². The Kier molecular flexibility index (Phi) is 3.64. The predicted molar refractivity (Wildman–Crippen MR) is 53.9 cm³/mol. The molecule has 1 aromatic rings. The number of nitrogens with two attached hydrogens (primary N) is 1. The number of carbonyl (C=O) groups excluding carboxylic acids is 1. The van der Waals surface area contributed by atoms with Crippen LogP contribution in [-0.4, -0.2) is 28.8 Å². The lowest BCUT2D eigenvalue weighted by Gasteiger charge is -2.03. The van der Waals surface area contributed by atoms with E-state index >= 15 is 0 Å². The molecule has 0 aliphatic carbocycles. The zero-order valence-corrected chi connectivity index (χ0v) is 8.58. The highest BCUT2D eigenvalue weighted by molar-refractivity contribution is 5.94. The molecule has 0 aromatic carbocycles. The van der Waals surface area contributed by atoms with Crippen LogP contribution in [0.2, 0.25) is 0 Å². The highest BCUT2D eigenvalue weighted by atomic mass is 16.1. The smallest absolute Gasteiger partial charge is 0.254 e. The van der Waals surface area contributed by atoms with Crippen molar-refractivity contribution in [3.05, 3.63) is 17.5 Å². The molecule has 0 fully saturated rings. The monoisotopic (exact) mass is 196 g/mol. The van der Waals surface area contributed by atoms with E-state index in [4.69, 9.17) is 5.73 Å². The fourth-order valence-electron chi connectivity index (χ4n) is 1.12. The molecule has 5 nitrogen and oxygen atoms in total. The van der Waals surface area contributed by atoms with Gasteiger partial charge in [0.1, 0.15) is 0 Å². The van der Waals surface area contributed by atoms with Crippen LogP contribution < -0.4 is 11.1 Å². The van der Waals surface area contributed by atoms with Gasteiger partial charge in [-0.3, -0.25) is 9.48 Å². The van der Waals surface area contributed by atoms with Crippen molar-refractivity contribution in [1.82, 2.24) is 15.1 Å². The van der Waals surface area contributed by atoms with Crippen molar-refractivity contribution in [3.8, 4) is 0 Å². The second-order valence-corrected chi connectivity index (χ2v) is 3.17. The molecule has 0 aliphatic heterocycles. The van der Waals surface area contributed by atoms with E-state index in [9.17, 15) is 4.79 Å². The SMILES string of the molecule is Cc1c(C(=O)NCCCN)cnn1C. The van der Waals surface area contributed by atoms with E-state index < -0.39 is 0 Å². The van der Waals surface area contributed by atoms with Crippen LogP contribution in [0.25, 0.3) is 0 Å². The molecule has 0 spiro atoms. The maximum absolute atomic E-state index is 11.5. The van der Waals surface area contributed by atoms with Gasteiger partial charge in [-0.25, -0.2) is 0 Å². The van der Waals surface area contributed by atoms with Crippen molar-refractivity contribution in [1.29, 1.82) is 0 Å². The van der Waals surface area contributed by atoms with Gasteiger partial charge in [-0.05, 0) is 19.9 Å². The van der Waals surface area contributed by atoms with Crippen LogP contribution in [0.5, 0.6) is 0 Å². The summed E-state index contributed by atoms with van der Waals surface area (Å²) in [6, 6.07) is 0. The molecular weight excluding hydrogens is 180 g/mol. The van der Waals surface area contributed by atoms with Crippen LogP contribution in [-0.2, 0) is 7.05 Å². The molecular formula is C9H16N4O. The van der Waals surface area contributed by atoms with E-state index in [1.165, 1.54) is 0 Å². The number of nitrogens with one attached hydrogen (secondary N) is 1. The van der Waals surface area contributed by atoms with Crippen LogP contribution in [0.15, 0.2) is 6.20 Å². The van der Waals surface area contributed by atoms with Gasteiger partial charge in [0.25, 0.3) is 5.91 Å². The number of hydrogen-bond donors (Lipinski definition) is 2. The second-order valence-electron chi connectivity index (χ2n) is 3.17. The first kappa shape index (κ1) is 10.7. The van der Waals surface area contributed by atoms with Gasteiger partial charge in [0.2, 0.25) is 0 Å². The van der Waals surface area contributed by atoms with Crippen molar-refractivity contribution < 1.29 is 4.79 Å². The summed E-state index contributed by atoms with van der Waals surface area (Å²) in [7, 11) is 1.81.